The van der Waals surface area contributed by atoms with E-state index < -0.39 is 21.6 Å². The molecule has 1 aromatic carbocycles. The monoisotopic (exact) mass is 419 g/mol. The number of carbonyl (C=O) groups is 1. The van der Waals surface area contributed by atoms with Gasteiger partial charge in [0.25, 0.3) is 0 Å². The summed E-state index contributed by atoms with van der Waals surface area (Å²) in [5.74, 6) is -0.182. The van der Waals surface area contributed by atoms with Gasteiger partial charge in [-0.15, -0.1) is 12.4 Å². The number of hydrogen-bond acceptors (Lipinski definition) is 5. The zero-order valence-corrected chi connectivity index (χ0v) is 17.7. The summed E-state index contributed by atoms with van der Waals surface area (Å²) < 4.78 is 33.2. The number of halogens is 1. The van der Waals surface area contributed by atoms with Crippen LogP contribution in [0.5, 0.6) is 0 Å². The van der Waals surface area contributed by atoms with E-state index in [1.165, 1.54) is 6.07 Å². The second-order valence-corrected chi connectivity index (χ2v) is 9.31. The number of ether oxygens (including phenoxy) is 1. The molecular formula is C18H30ClN3O4S. The van der Waals surface area contributed by atoms with Gasteiger partial charge in [-0.1, -0.05) is 18.2 Å². The van der Waals surface area contributed by atoms with Gasteiger partial charge in [0.15, 0.2) is 0 Å². The van der Waals surface area contributed by atoms with Crippen molar-refractivity contribution in [3.8, 4) is 0 Å². The standard InChI is InChI=1S/C18H29N3O4S.ClH/c1-18(2,3)21-26(23,24)15-7-5-4-6-14(15)12-20-17(22)16(19)13-8-10-25-11-9-13;/h4-7,13,16,21H,8-12,19H2,1-3H3,(H,20,22);1H. The minimum absolute atomic E-state index is 0. The van der Waals surface area contributed by atoms with Crippen LogP contribution in [0, 0.1) is 5.92 Å². The van der Waals surface area contributed by atoms with Crippen molar-refractivity contribution < 1.29 is 17.9 Å². The number of amides is 1. The minimum Gasteiger partial charge on any atom is -0.381 e. The summed E-state index contributed by atoms with van der Waals surface area (Å²) >= 11 is 0. The highest BCUT2D eigenvalue weighted by Gasteiger charge is 2.27. The topological polar surface area (TPSA) is 111 Å². The Morgan fingerprint density at radius 1 is 1.26 bits per heavy atom. The van der Waals surface area contributed by atoms with Crippen molar-refractivity contribution in [1.29, 1.82) is 0 Å². The molecule has 7 nitrogen and oxygen atoms in total. The normalized spacial score (nSPS) is 17.0. The molecule has 27 heavy (non-hydrogen) atoms. The maximum atomic E-state index is 12.6. The fourth-order valence-corrected chi connectivity index (χ4v) is 4.62. The smallest absolute Gasteiger partial charge is 0.241 e. The predicted molar refractivity (Wildman–Crippen MR) is 107 cm³/mol. The van der Waals surface area contributed by atoms with Gasteiger partial charge in [-0.3, -0.25) is 4.79 Å². The SMILES string of the molecule is CC(C)(C)NS(=O)(=O)c1ccccc1CNC(=O)C(N)C1CCOCC1.Cl. The molecule has 1 atom stereocenters. The van der Waals surface area contributed by atoms with Gasteiger partial charge < -0.3 is 15.8 Å². The fourth-order valence-electron chi connectivity index (χ4n) is 2.96. The average Bonchev–Trinajstić information content (AvgIpc) is 2.58. The summed E-state index contributed by atoms with van der Waals surface area (Å²) in [5.41, 5.74) is 5.99. The lowest BCUT2D eigenvalue weighted by Gasteiger charge is -2.27. The van der Waals surface area contributed by atoms with Crippen LogP contribution < -0.4 is 15.8 Å². The van der Waals surface area contributed by atoms with Crippen LogP contribution in [0.4, 0.5) is 0 Å². The van der Waals surface area contributed by atoms with Crippen molar-refractivity contribution in [2.45, 2.75) is 56.6 Å². The molecule has 1 saturated heterocycles. The van der Waals surface area contributed by atoms with Gasteiger partial charge in [-0.05, 0) is 51.2 Å². The Bertz CT molecular complexity index is 728. The van der Waals surface area contributed by atoms with E-state index in [4.69, 9.17) is 10.5 Å². The van der Waals surface area contributed by atoms with Crippen molar-refractivity contribution in [3.05, 3.63) is 29.8 Å². The Kier molecular flexibility index (Phi) is 8.69. The summed E-state index contributed by atoms with van der Waals surface area (Å²) in [6, 6.07) is 6.02. The molecule has 0 aliphatic carbocycles. The Hall–Kier alpha value is -1.19. The Balaban J connectivity index is 0.00000364. The Labute approximate surface area is 167 Å². The molecule has 1 aromatic rings. The molecule has 154 valence electrons. The first kappa shape index (κ1) is 23.8. The first-order chi connectivity index (χ1) is 12.1. The summed E-state index contributed by atoms with van der Waals surface area (Å²) in [6.45, 7) is 6.68. The number of hydrogen-bond donors (Lipinski definition) is 3. The molecule has 0 saturated carbocycles. The fraction of sp³-hybridized carbons (Fsp3) is 0.611. The van der Waals surface area contributed by atoms with E-state index in [1.807, 2.05) is 0 Å². The highest BCUT2D eigenvalue weighted by Crippen LogP contribution is 2.19. The van der Waals surface area contributed by atoms with Crippen molar-refractivity contribution >= 4 is 28.3 Å². The van der Waals surface area contributed by atoms with E-state index in [9.17, 15) is 13.2 Å². The first-order valence-corrected chi connectivity index (χ1v) is 10.3. The molecule has 1 aliphatic heterocycles. The third kappa shape index (κ3) is 7.04. The third-order valence-corrected chi connectivity index (χ3v) is 6.09. The van der Waals surface area contributed by atoms with Crippen molar-refractivity contribution in [1.82, 2.24) is 10.0 Å². The van der Waals surface area contributed by atoms with E-state index in [-0.39, 0.29) is 35.7 Å². The van der Waals surface area contributed by atoms with Crippen LogP contribution in [0.25, 0.3) is 0 Å². The second-order valence-electron chi connectivity index (χ2n) is 7.66. The molecule has 1 aliphatic rings. The second kappa shape index (κ2) is 9.84. The van der Waals surface area contributed by atoms with Crippen LogP contribution in [0.2, 0.25) is 0 Å². The molecule has 0 radical (unpaired) electrons. The number of nitrogens with two attached hydrogens (primary N) is 1. The van der Waals surface area contributed by atoms with Crippen LogP contribution in [0.1, 0.15) is 39.2 Å². The molecule has 0 aromatic heterocycles. The lowest BCUT2D eigenvalue weighted by molar-refractivity contribution is -0.124. The van der Waals surface area contributed by atoms with E-state index in [2.05, 4.69) is 10.0 Å². The molecule has 2 rings (SSSR count). The molecular weight excluding hydrogens is 390 g/mol. The summed E-state index contributed by atoms with van der Waals surface area (Å²) in [6.07, 6.45) is 1.52. The van der Waals surface area contributed by atoms with Crippen LogP contribution in [-0.2, 0) is 26.1 Å². The van der Waals surface area contributed by atoms with Gasteiger partial charge in [0.05, 0.1) is 10.9 Å². The van der Waals surface area contributed by atoms with Crippen LogP contribution >= 0.6 is 12.4 Å². The lowest BCUT2D eigenvalue weighted by Crippen LogP contribution is -2.47. The molecule has 1 amide bonds. The zero-order valence-electron chi connectivity index (χ0n) is 16.0. The van der Waals surface area contributed by atoms with Crippen LogP contribution in [-0.4, -0.2) is 39.1 Å². The molecule has 1 fully saturated rings. The minimum atomic E-state index is -3.69. The van der Waals surface area contributed by atoms with E-state index >= 15 is 0 Å². The third-order valence-electron chi connectivity index (χ3n) is 4.23. The summed E-state index contributed by atoms with van der Waals surface area (Å²) in [4.78, 5) is 12.5. The Morgan fingerprint density at radius 2 is 1.85 bits per heavy atom. The van der Waals surface area contributed by atoms with Gasteiger partial charge in [0.2, 0.25) is 15.9 Å². The van der Waals surface area contributed by atoms with Gasteiger partial charge in [-0.2, -0.15) is 0 Å². The molecule has 1 heterocycles. The van der Waals surface area contributed by atoms with Gasteiger partial charge in [0, 0.05) is 25.3 Å². The van der Waals surface area contributed by atoms with Crippen molar-refractivity contribution in [3.63, 3.8) is 0 Å². The van der Waals surface area contributed by atoms with Gasteiger partial charge in [0.1, 0.15) is 0 Å². The van der Waals surface area contributed by atoms with Crippen molar-refractivity contribution in [2.24, 2.45) is 11.7 Å². The maximum Gasteiger partial charge on any atom is 0.241 e. The number of carbonyl (C=O) groups excluding carboxylic acids is 1. The number of nitrogens with one attached hydrogen (secondary N) is 2. The highest BCUT2D eigenvalue weighted by atomic mass is 35.5. The predicted octanol–water partition coefficient (Wildman–Crippen LogP) is 1.56. The van der Waals surface area contributed by atoms with E-state index in [0.29, 0.717) is 18.8 Å². The van der Waals surface area contributed by atoms with Gasteiger partial charge >= 0.3 is 0 Å². The largest absolute Gasteiger partial charge is 0.381 e. The summed E-state index contributed by atoms with van der Waals surface area (Å²) in [7, 11) is -3.69. The number of benzene rings is 1. The van der Waals surface area contributed by atoms with E-state index in [0.717, 1.165) is 12.8 Å². The lowest BCUT2D eigenvalue weighted by atomic mass is 9.92. The average molecular weight is 420 g/mol. The number of rotatable bonds is 6. The summed E-state index contributed by atoms with van der Waals surface area (Å²) in [5, 5.41) is 2.77. The molecule has 1 unspecified atom stereocenters. The zero-order chi connectivity index (χ0) is 19.4. The van der Waals surface area contributed by atoms with Crippen molar-refractivity contribution in [2.75, 3.05) is 13.2 Å². The van der Waals surface area contributed by atoms with Gasteiger partial charge in [-0.25, -0.2) is 13.1 Å². The van der Waals surface area contributed by atoms with Crippen LogP contribution in [0.15, 0.2) is 29.2 Å². The molecule has 4 N–H and O–H groups in total. The maximum absolute atomic E-state index is 12.6. The highest BCUT2D eigenvalue weighted by molar-refractivity contribution is 7.89. The number of sulfonamides is 1. The van der Waals surface area contributed by atoms with E-state index in [1.54, 1.807) is 39.0 Å². The van der Waals surface area contributed by atoms with Crippen LogP contribution in [0.3, 0.4) is 0 Å². The first-order valence-electron chi connectivity index (χ1n) is 8.83. The Morgan fingerprint density at radius 3 is 2.44 bits per heavy atom. The molecule has 0 spiro atoms. The molecule has 9 heteroatoms. The molecule has 0 bridgehead atoms. The quantitative estimate of drug-likeness (QED) is 0.647.